The zero-order chi connectivity index (χ0) is 16.3. The molecule has 6 heteroatoms. The topological polar surface area (TPSA) is 83.8 Å². The third-order valence-electron chi connectivity index (χ3n) is 3.06. The number of aryl methyl sites for hydroxylation is 1. The van der Waals surface area contributed by atoms with E-state index < -0.39 is 11.9 Å². The predicted octanol–water partition coefficient (Wildman–Crippen LogP) is 3.36. The number of halogens is 1. The van der Waals surface area contributed by atoms with Crippen molar-refractivity contribution in [3.8, 4) is 5.75 Å². The number of carbonyl (C=O) groups is 2. The summed E-state index contributed by atoms with van der Waals surface area (Å²) < 4.78 is 5.83. The molecule has 0 spiro atoms. The summed E-state index contributed by atoms with van der Waals surface area (Å²) in [5, 5.41) is 18.8. The molecule has 0 fully saturated rings. The van der Waals surface area contributed by atoms with Crippen molar-refractivity contribution >= 4 is 34.5 Å². The summed E-state index contributed by atoms with van der Waals surface area (Å²) in [6.07, 6.45) is 0. The predicted molar refractivity (Wildman–Crippen MR) is 88.1 cm³/mol. The molecule has 2 aromatic rings. The van der Waals surface area contributed by atoms with Crippen molar-refractivity contribution in [1.29, 1.82) is 0 Å². The van der Waals surface area contributed by atoms with E-state index in [1.165, 1.54) is 12.1 Å². The SMILES string of the molecule is Cc1cc(COC(=O)c2ccccc2C(=O)O)cc(I)c1O. The zero-order valence-corrected chi connectivity index (χ0v) is 13.8. The molecule has 0 aliphatic carbocycles. The average molecular weight is 412 g/mol. The van der Waals surface area contributed by atoms with Gasteiger partial charge in [-0.2, -0.15) is 0 Å². The number of rotatable bonds is 4. The molecule has 0 bridgehead atoms. The maximum absolute atomic E-state index is 12.0. The maximum atomic E-state index is 12.0. The minimum Gasteiger partial charge on any atom is -0.507 e. The molecule has 2 aromatic carbocycles. The summed E-state index contributed by atoms with van der Waals surface area (Å²) in [5.41, 5.74) is 1.33. The van der Waals surface area contributed by atoms with E-state index in [1.807, 2.05) is 22.6 Å². The van der Waals surface area contributed by atoms with Crippen LogP contribution in [0.15, 0.2) is 36.4 Å². The van der Waals surface area contributed by atoms with Gasteiger partial charge in [0.05, 0.1) is 14.7 Å². The molecule has 114 valence electrons. The van der Waals surface area contributed by atoms with Gasteiger partial charge in [-0.3, -0.25) is 0 Å². The van der Waals surface area contributed by atoms with Crippen LogP contribution in [0.3, 0.4) is 0 Å². The van der Waals surface area contributed by atoms with Crippen molar-refractivity contribution in [2.24, 2.45) is 0 Å². The number of phenols is 1. The van der Waals surface area contributed by atoms with Crippen LogP contribution < -0.4 is 0 Å². The van der Waals surface area contributed by atoms with E-state index in [2.05, 4.69) is 0 Å². The number of benzene rings is 2. The van der Waals surface area contributed by atoms with Crippen molar-refractivity contribution in [2.75, 3.05) is 0 Å². The van der Waals surface area contributed by atoms with Crippen LogP contribution in [0.1, 0.15) is 31.8 Å². The fourth-order valence-electron chi connectivity index (χ4n) is 1.97. The summed E-state index contributed by atoms with van der Waals surface area (Å²) in [5.74, 6) is -1.67. The van der Waals surface area contributed by atoms with E-state index in [1.54, 1.807) is 31.2 Å². The van der Waals surface area contributed by atoms with Crippen LogP contribution in [0.2, 0.25) is 0 Å². The highest BCUT2D eigenvalue weighted by atomic mass is 127. The first-order valence-electron chi connectivity index (χ1n) is 6.37. The normalized spacial score (nSPS) is 10.3. The highest BCUT2D eigenvalue weighted by molar-refractivity contribution is 14.1. The summed E-state index contributed by atoms with van der Waals surface area (Å²) >= 11 is 1.99. The van der Waals surface area contributed by atoms with Crippen molar-refractivity contribution in [2.45, 2.75) is 13.5 Å². The fraction of sp³-hybridized carbons (Fsp3) is 0.125. The lowest BCUT2D eigenvalue weighted by Crippen LogP contribution is -2.11. The number of carbonyl (C=O) groups excluding carboxylic acids is 1. The smallest absolute Gasteiger partial charge is 0.339 e. The Bertz CT molecular complexity index is 716. The average Bonchev–Trinajstić information content (AvgIpc) is 2.50. The lowest BCUT2D eigenvalue weighted by Gasteiger charge is -2.09. The molecular weight excluding hydrogens is 399 g/mol. The Labute approximate surface area is 140 Å². The Morgan fingerprint density at radius 3 is 2.41 bits per heavy atom. The van der Waals surface area contributed by atoms with E-state index in [0.29, 0.717) is 9.13 Å². The number of ether oxygens (including phenoxy) is 1. The van der Waals surface area contributed by atoms with Gasteiger partial charge in [0.2, 0.25) is 0 Å². The second-order valence-electron chi connectivity index (χ2n) is 4.67. The Balaban J connectivity index is 2.16. The molecule has 5 nitrogen and oxygen atoms in total. The van der Waals surface area contributed by atoms with Gasteiger partial charge in [-0.1, -0.05) is 12.1 Å². The molecule has 0 saturated carbocycles. The molecular formula is C16H13IO5. The van der Waals surface area contributed by atoms with E-state index in [4.69, 9.17) is 9.84 Å². The van der Waals surface area contributed by atoms with Crippen LogP contribution >= 0.6 is 22.6 Å². The lowest BCUT2D eigenvalue weighted by molar-refractivity contribution is 0.0463. The monoisotopic (exact) mass is 412 g/mol. The largest absolute Gasteiger partial charge is 0.507 e. The molecule has 0 aliphatic rings. The summed E-state index contributed by atoms with van der Waals surface area (Å²) in [6, 6.07) is 9.32. The Kier molecular flexibility index (Phi) is 5.02. The number of aromatic carboxylic acids is 1. The first-order chi connectivity index (χ1) is 10.4. The molecule has 0 heterocycles. The van der Waals surface area contributed by atoms with Crippen molar-refractivity contribution in [1.82, 2.24) is 0 Å². The van der Waals surface area contributed by atoms with Crippen LogP contribution in [0, 0.1) is 10.5 Å². The molecule has 0 saturated heterocycles. The second kappa shape index (κ2) is 6.78. The standard InChI is InChI=1S/C16H13IO5/c1-9-6-10(7-13(17)14(9)18)8-22-16(21)12-5-3-2-4-11(12)15(19)20/h2-7,18H,8H2,1H3,(H,19,20). The van der Waals surface area contributed by atoms with Gasteiger partial charge in [0.1, 0.15) is 12.4 Å². The van der Waals surface area contributed by atoms with E-state index in [9.17, 15) is 14.7 Å². The van der Waals surface area contributed by atoms with Gasteiger partial charge in [-0.15, -0.1) is 0 Å². The van der Waals surface area contributed by atoms with Crippen LogP contribution in [0.25, 0.3) is 0 Å². The number of hydrogen-bond donors (Lipinski definition) is 2. The molecule has 0 unspecified atom stereocenters. The third kappa shape index (κ3) is 3.56. The number of carboxylic acid groups (broad SMARTS) is 1. The Hall–Kier alpha value is -2.09. The lowest BCUT2D eigenvalue weighted by atomic mass is 10.1. The van der Waals surface area contributed by atoms with E-state index in [0.717, 1.165) is 5.56 Å². The van der Waals surface area contributed by atoms with E-state index >= 15 is 0 Å². The fourth-order valence-corrected chi connectivity index (χ4v) is 2.79. The summed E-state index contributed by atoms with van der Waals surface area (Å²) in [4.78, 5) is 23.1. The molecule has 2 rings (SSSR count). The van der Waals surface area contributed by atoms with Crippen LogP contribution in [0.4, 0.5) is 0 Å². The van der Waals surface area contributed by atoms with Crippen molar-refractivity contribution in [3.05, 3.63) is 62.2 Å². The van der Waals surface area contributed by atoms with Crippen LogP contribution in [0.5, 0.6) is 5.75 Å². The second-order valence-corrected chi connectivity index (χ2v) is 5.83. The minimum absolute atomic E-state index is 0.00388. The van der Waals surface area contributed by atoms with Crippen molar-refractivity contribution < 1.29 is 24.5 Å². The highest BCUT2D eigenvalue weighted by Gasteiger charge is 2.17. The van der Waals surface area contributed by atoms with Gasteiger partial charge in [0.15, 0.2) is 0 Å². The number of hydrogen-bond acceptors (Lipinski definition) is 4. The zero-order valence-electron chi connectivity index (χ0n) is 11.7. The third-order valence-corrected chi connectivity index (χ3v) is 3.88. The van der Waals surface area contributed by atoms with Gasteiger partial charge in [-0.05, 0) is 64.9 Å². The molecule has 0 amide bonds. The molecule has 0 aromatic heterocycles. The van der Waals surface area contributed by atoms with Crippen LogP contribution in [-0.2, 0) is 11.3 Å². The number of esters is 1. The quantitative estimate of drug-likeness (QED) is 0.595. The maximum Gasteiger partial charge on any atom is 0.339 e. The van der Waals surface area contributed by atoms with E-state index in [-0.39, 0.29) is 23.5 Å². The summed E-state index contributed by atoms with van der Waals surface area (Å²) in [6.45, 7) is 1.76. The number of aromatic hydroxyl groups is 1. The molecule has 2 N–H and O–H groups in total. The molecule has 22 heavy (non-hydrogen) atoms. The summed E-state index contributed by atoms with van der Waals surface area (Å²) in [7, 11) is 0. The molecule has 0 aliphatic heterocycles. The Morgan fingerprint density at radius 1 is 1.18 bits per heavy atom. The van der Waals surface area contributed by atoms with Gasteiger partial charge >= 0.3 is 11.9 Å². The molecule has 0 atom stereocenters. The van der Waals surface area contributed by atoms with Gasteiger partial charge in [0, 0.05) is 0 Å². The first-order valence-corrected chi connectivity index (χ1v) is 7.45. The highest BCUT2D eigenvalue weighted by Crippen LogP contribution is 2.25. The van der Waals surface area contributed by atoms with Gasteiger partial charge in [0.25, 0.3) is 0 Å². The van der Waals surface area contributed by atoms with Crippen LogP contribution in [-0.4, -0.2) is 22.2 Å². The number of carboxylic acids is 1. The van der Waals surface area contributed by atoms with Crippen molar-refractivity contribution in [3.63, 3.8) is 0 Å². The van der Waals surface area contributed by atoms with Gasteiger partial charge in [-0.25, -0.2) is 9.59 Å². The van der Waals surface area contributed by atoms with Gasteiger partial charge < -0.3 is 14.9 Å². The first kappa shape index (κ1) is 16.3. The number of phenolic OH excluding ortho intramolecular Hbond substituents is 1. The minimum atomic E-state index is -1.18. The molecule has 0 radical (unpaired) electrons. The Morgan fingerprint density at radius 2 is 1.82 bits per heavy atom.